The number of azide groups is 1. The van der Waals surface area contributed by atoms with Crippen LogP contribution < -0.4 is 40.0 Å². The average molecular weight is 397 g/mol. The summed E-state index contributed by atoms with van der Waals surface area (Å²) in [6.45, 7) is 3.44. The van der Waals surface area contributed by atoms with Gasteiger partial charge in [-0.1, -0.05) is 35.4 Å². The van der Waals surface area contributed by atoms with E-state index in [-0.39, 0.29) is 29.6 Å². The number of nitrogens with one attached hydrogen (secondary N) is 1. The fourth-order valence-corrected chi connectivity index (χ4v) is 4.94. The van der Waals surface area contributed by atoms with Crippen molar-refractivity contribution < 1.29 is 49.0 Å². The summed E-state index contributed by atoms with van der Waals surface area (Å²) in [6, 6.07) is 5.44. The number of thioether (sulfide) groups is 1. The number of β-lactam (4-membered cyclic amide) rings is 1. The van der Waals surface area contributed by atoms with E-state index < -0.39 is 46.0 Å². The van der Waals surface area contributed by atoms with Crippen LogP contribution in [-0.4, -0.2) is 44.9 Å². The Bertz CT molecular complexity index is 814. The molecule has 2 amide bonds. The molecular weight excluding hydrogens is 381 g/mol. The largest absolute Gasteiger partial charge is 1.00 e. The second-order valence-corrected chi connectivity index (χ2v) is 8.35. The van der Waals surface area contributed by atoms with Gasteiger partial charge in [0, 0.05) is 9.66 Å². The van der Waals surface area contributed by atoms with Gasteiger partial charge in [-0.2, -0.15) is 0 Å². The molecule has 1 unspecified atom stereocenters. The van der Waals surface area contributed by atoms with E-state index >= 15 is 0 Å². The minimum absolute atomic E-state index is 0. The van der Waals surface area contributed by atoms with Gasteiger partial charge in [0.25, 0.3) is 0 Å². The fraction of sp³-hybridized carbons (Fsp3) is 0.438. The smallest absolute Gasteiger partial charge is 0.548 e. The molecule has 0 aromatic heterocycles. The van der Waals surface area contributed by atoms with Gasteiger partial charge in [-0.3, -0.25) is 9.59 Å². The van der Waals surface area contributed by atoms with E-state index in [0.29, 0.717) is 5.56 Å². The van der Waals surface area contributed by atoms with Crippen LogP contribution in [0.2, 0.25) is 0 Å². The molecule has 4 atom stereocenters. The standard InChI is InChI=1S/C16H17N5O4S.Na/c1-16(2)11(15(24)25)21-13(23)10(14(21)26-16)18-12(22)9(19-20-17)8-6-4-3-5-7-8;/h3-7,9-11,14H,1-2H3,(H,18,22)(H,24,25);/q;+1/p-1/t9-,10-,11+,14?;/m1./s1. The third-order valence-corrected chi connectivity index (χ3v) is 6.06. The van der Waals surface area contributed by atoms with E-state index in [4.69, 9.17) is 5.53 Å². The SMILES string of the molecule is CC1(C)SC2[C@H](NC(=O)[C@H](N=[N+]=[N-])c3ccccc3)C(=O)N2[C@H]1C(=O)[O-].[Na+]. The third kappa shape index (κ3) is 3.81. The molecule has 0 aliphatic carbocycles. The average Bonchev–Trinajstić information content (AvgIpc) is 2.86. The van der Waals surface area contributed by atoms with Gasteiger partial charge >= 0.3 is 29.6 Å². The van der Waals surface area contributed by atoms with Gasteiger partial charge in [-0.15, -0.1) is 11.8 Å². The Balaban J connectivity index is 0.00000261. The molecule has 1 N–H and O–H groups in total. The molecule has 0 saturated carbocycles. The van der Waals surface area contributed by atoms with Crippen LogP contribution in [0.5, 0.6) is 0 Å². The van der Waals surface area contributed by atoms with E-state index in [1.165, 1.54) is 16.7 Å². The van der Waals surface area contributed by atoms with Crippen molar-refractivity contribution in [2.75, 3.05) is 0 Å². The first-order chi connectivity index (χ1) is 12.3. The molecule has 1 aromatic rings. The van der Waals surface area contributed by atoms with Crippen molar-refractivity contribution in [2.45, 2.75) is 42.1 Å². The predicted octanol–water partition coefficient (Wildman–Crippen LogP) is -2.66. The summed E-state index contributed by atoms with van der Waals surface area (Å²) >= 11 is 1.29. The number of carboxylic acids is 1. The molecule has 2 fully saturated rings. The summed E-state index contributed by atoms with van der Waals surface area (Å²) in [6.07, 6.45) is 0. The molecule has 0 spiro atoms. The monoisotopic (exact) mass is 397 g/mol. The Labute approximate surface area is 181 Å². The second-order valence-electron chi connectivity index (χ2n) is 6.58. The van der Waals surface area contributed by atoms with Gasteiger partial charge < -0.3 is 20.1 Å². The second kappa shape index (κ2) is 8.12. The molecule has 11 heteroatoms. The number of hydrogen-bond donors (Lipinski definition) is 1. The molecule has 3 rings (SSSR count). The molecular formula is C16H16N5NaO4S. The number of carbonyl (C=O) groups excluding carboxylic acids is 3. The van der Waals surface area contributed by atoms with Crippen molar-refractivity contribution in [3.05, 3.63) is 46.3 Å². The van der Waals surface area contributed by atoms with Crippen LogP contribution in [-0.2, 0) is 14.4 Å². The molecule has 2 heterocycles. The van der Waals surface area contributed by atoms with Crippen molar-refractivity contribution in [2.24, 2.45) is 5.11 Å². The molecule has 9 nitrogen and oxygen atoms in total. The number of rotatable bonds is 5. The molecule has 0 bridgehead atoms. The number of fused-ring (bicyclic) bond motifs is 1. The zero-order valence-electron chi connectivity index (χ0n) is 15.0. The Morgan fingerprint density at radius 1 is 1.37 bits per heavy atom. The molecule has 27 heavy (non-hydrogen) atoms. The maximum atomic E-state index is 12.6. The minimum Gasteiger partial charge on any atom is -0.548 e. The van der Waals surface area contributed by atoms with E-state index in [1.54, 1.807) is 44.2 Å². The summed E-state index contributed by atoms with van der Waals surface area (Å²) in [5.41, 5.74) is 9.24. The zero-order chi connectivity index (χ0) is 19.1. The van der Waals surface area contributed by atoms with Crippen LogP contribution >= 0.6 is 11.8 Å². The number of aliphatic carboxylic acids is 1. The van der Waals surface area contributed by atoms with Crippen molar-refractivity contribution in [1.29, 1.82) is 0 Å². The number of nitrogens with zero attached hydrogens (tertiary/aromatic N) is 4. The Morgan fingerprint density at radius 3 is 2.56 bits per heavy atom. The van der Waals surface area contributed by atoms with Crippen LogP contribution in [0.4, 0.5) is 0 Å². The number of carbonyl (C=O) groups is 3. The van der Waals surface area contributed by atoms with Gasteiger partial charge in [0.15, 0.2) is 0 Å². The van der Waals surface area contributed by atoms with Gasteiger partial charge in [-0.25, -0.2) is 0 Å². The fourth-order valence-electron chi connectivity index (χ4n) is 3.32. The van der Waals surface area contributed by atoms with E-state index in [1.807, 2.05) is 0 Å². The number of carboxylic acid groups (broad SMARTS) is 1. The predicted molar refractivity (Wildman–Crippen MR) is 91.4 cm³/mol. The number of hydrogen-bond acceptors (Lipinski definition) is 6. The van der Waals surface area contributed by atoms with Gasteiger partial charge in [0.2, 0.25) is 11.8 Å². The number of benzene rings is 1. The Hall–Kier alpha value is -1.71. The topological polar surface area (TPSA) is 138 Å². The van der Waals surface area contributed by atoms with E-state index in [9.17, 15) is 19.5 Å². The Morgan fingerprint density at radius 2 is 2.00 bits per heavy atom. The van der Waals surface area contributed by atoms with Crippen LogP contribution in [0, 0.1) is 0 Å². The maximum Gasteiger partial charge on any atom is 1.00 e. The molecule has 2 aliphatic rings. The Kier molecular flexibility index (Phi) is 6.49. The first-order valence-electron chi connectivity index (χ1n) is 7.88. The molecule has 136 valence electrons. The normalized spacial score (nSPS) is 25.9. The van der Waals surface area contributed by atoms with Crippen molar-refractivity contribution >= 4 is 29.5 Å². The summed E-state index contributed by atoms with van der Waals surface area (Å²) in [5, 5.41) is 17.0. The molecule has 0 radical (unpaired) electrons. The summed E-state index contributed by atoms with van der Waals surface area (Å²) in [4.78, 5) is 40.3. The molecule has 2 saturated heterocycles. The first-order valence-corrected chi connectivity index (χ1v) is 8.76. The first kappa shape index (κ1) is 21.6. The van der Waals surface area contributed by atoms with Crippen LogP contribution in [0.3, 0.4) is 0 Å². The van der Waals surface area contributed by atoms with Gasteiger partial charge in [0.1, 0.15) is 17.5 Å². The van der Waals surface area contributed by atoms with Crippen molar-refractivity contribution in [1.82, 2.24) is 10.2 Å². The molecule has 1 aromatic carbocycles. The van der Waals surface area contributed by atoms with E-state index in [2.05, 4.69) is 15.3 Å². The van der Waals surface area contributed by atoms with Crippen molar-refractivity contribution in [3.63, 3.8) is 0 Å². The van der Waals surface area contributed by atoms with E-state index in [0.717, 1.165) is 0 Å². The minimum atomic E-state index is -1.32. The zero-order valence-corrected chi connectivity index (χ0v) is 17.8. The van der Waals surface area contributed by atoms with Gasteiger partial charge in [-0.05, 0) is 24.9 Å². The number of amides is 2. The van der Waals surface area contributed by atoms with Gasteiger partial charge in [0.05, 0.1) is 12.0 Å². The summed E-state index contributed by atoms with van der Waals surface area (Å²) < 4.78 is -0.734. The quantitative estimate of drug-likeness (QED) is 0.190. The van der Waals surface area contributed by atoms with Crippen molar-refractivity contribution in [3.8, 4) is 0 Å². The van der Waals surface area contributed by atoms with Crippen LogP contribution in [0.15, 0.2) is 35.4 Å². The summed E-state index contributed by atoms with van der Waals surface area (Å²) in [5.74, 6) is -2.41. The van der Waals surface area contributed by atoms with Crippen LogP contribution in [0.1, 0.15) is 25.5 Å². The third-order valence-electron chi connectivity index (χ3n) is 4.49. The summed E-state index contributed by atoms with van der Waals surface area (Å²) in [7, 11) is 0. The molecule has 2 aliphatic heterocycles. The van der Waals surface area contributed by atoms with Crippen LogP contribution in [0.25, 0.3) is 10.4 Å². The maximum absolute atomic E-state index is 12.6.